The van der Waals surface area contributed by atoms with Gasteiger partial charge in [-0.3, -0.25) is 9.78 Å². The molecular weight excluding hydrogens is 502 g/mol. The van der Waals surface area contributed by atoms with Crippen molar-refractivity contribution in [3.63, 3.8) is 0 Å². The summed E-state index contributed by atoms with van der Waals surface area (Å²) >= 11 is 1.78. The number of nitrogens with zero attached hydrogens (tertiary/aromatic N) is 3. The summed E-state index contributed by atoms with van der Waals surface area (Å²) in [5, 5.41) is 5.80. The number of fused-ring (bicyclic) bond motifs is 3. The summed E-state index contributed by atoms with van der Waals surface area (Å²) in [4.78, 5) is 24.6. The number of rotatable bonds is 0. The van der Waals surface area contributed by atoms with E-state index in [1.54, 1.807) is 24.0 Å². The molecule has 0 spiro atoms. The first-order valence-electron chi connectivity index (χ1n) is 11.0. The lowest BCUT2D eigenvalue weighted by Crippen LogP contribution is -2.26. The Morgan fingerprint density at radius 2 is 1.47 bits per heavy atom. The SMILES string of the molecule is C.C.C.C=C1CSc2ccc(C)nc2N1.Cc1cc2c(cn1)OCCO2.Cc1ccc2c(n1)NC(=O)CO2. The molecule has 0 unspecified atom stereocenters. The highest BCUT2D eigenvalue weighted by Crippen LogP contribution is 2.32. The molecule has 1 amide bonds. The molecule has 6 heterocycles. The van der Waals surface area contributed by atoms with E-state index in [1.807, 2.05) is 39.0 Å². The van der Waals surface area contributed by atoms with Gasteiger partial charge in [0.1, 0.15) is 19.0 Å². The molecule has 0 bridgehead atoms. The number of thioether (sulfide) groups is 1. The lowest BCUT2D eigenvalue weighted by Gasteiger charge is -2.18. The molecule has 0 saturated heterocycles. The van der Waals surface area contributed by atoms with Crippen molar-refractivity contribution in [1.82, 2.24) is 15.0 Å². The number of anilines is 2. The zero-order chi connectivity index (χ0) is 24.8. The van der Waals surface area contributed by atoms with Crippen molar-refractivity contribution < 1.29 is 19.0 Å². The maximum Gasteiger partial charge on any atom is 0.263 e. The molecule has 0 aromatic carbocycles. The van der Waals surface area contributed by atoms with E-state index in [4.69, 9.17) is 14.2 Å². The van der Waals surface area contributed by atoms with Gasteiger partial charge in [-0.1, -0.05) is 28.9 Å². The Labute approximate surface area is 230 Å². The minimum absolute atomic E-state index is 0. The van der Waals surface area contributed by atoms with Gasteiger partial charge < -0.3 is 24.8 Å². The van der Waals surface area contributed by atoms with E-state index in [1.165, 1.54) is 4.90 Å². The van der Waals surface area contributed by atoms with E-state index < -0.39 is 0 Å². The lowest BCUT2D eigenvalue weighted by atomic mass is 10.3. The van der Waals surface area contributed by atoms with Gasteiger partial charge in [-0.2, -0.15) is 0 Å². The molecule has 206 valence electrons. The summed E-state index contributed by atoms with van der Waals surface area (Å²) in [6, 6.07) is 9.66. The van der Waals surface area contributed by atoms with Crippen molar-refractivity contribution in [2.45, 2.75) is 47.9 Å². The van der Waals surface area contributed by atoms with E-state index >= 15 is 0 Å². The molecule has 3 aliphatic heterocycles. The van der Waals surface area contributed by atoms with E-state index in [0.717, 1.165) is 45.8 Å². The van der Waals surface area contributed by atoms with E-state index in [-0.39, 0.29) is 34.8 Å². The van der Waals surface area contributed by atoms with Crippen LogP contribution in [0.5, 0.6) is 17.2 Å². The fourth-order valence-corrected chi connectivity index (χ4v) is 4.03. The first-order valence-corrected chi connectivity index (χ1v) is 12.0. The Morgan fingerprint density at radius 1 is 0.816 bits per heavy atom. The van der Waals surface area contributed by atoms with Crippen LogP contribution in [0, 0.1) is 20.8 Å². The van der Waals surface area contributed by atoms with Crippen LogP contribution >= 0.6 is 11.8 Å². The highest BCUT2D eigenvalue weighted by molar-refractivity contribution is 7.99. The molecule has 0 saturated carbocycles. The van der Waals surface area contributed by atoms with Gasteiger partial charge in [0.25, 0.3) is 5.91 Å². The second-order valence-electron chi connectivity index (χ2n) is 7.92. The van der Waals surface area contributed by atoms with Crippen LogP contribution in [0.3, 0.4) is 0 Å². The number of nitrogens with one attached hydrogen (secondary N) is 2. The van der Waals surface area contributed by atoms with Crippen LogP contribution in [-0.2, 0) is 4.79 Å². The van der Waals surface area contributed by atoms with Gasteiger partial charge in [0.15, 0.2) is 29.7 Å². The maximum atomic E-state index is 10.9. The maximum absolute atomic E-state index is 10.9. The lowest BCUT2D eigenvalue weighted by molar-refractivity contribution is -0.118. The van der Waals surface area contributed by atoms with Crippen LogP contribution in [0.1, 0.15) is 39.4 Å². The topological polar surface area (TPSA) is 107 Å². The summed E-state index contributed by atoms with van der Waals surface area (Å²) in [7, 11) is 0. The average Bonchev–Trinajstić information content (AvgIpc) is 2.84. The summed E-state index contributed by atoms with van der Waals surface area (Å²) in [6.07, 6.45) is 1.70. The number of ether oxygens (including phenoxy) is 3. The van der Waals surface area contributed by atoms with Gasteiger partial charge in [0.2, 0.25) is 0 Å². The minimum atomic E-state index is -0.152. The molecule has 0 radical (unpaired) electrons. The third kappa shape index (κ3) is 8.65. The van der Waals surface area contributed by atoms with E-state index in [9.17, 15) is 4.79 Å². The second kappa shape index (κ2) is 14.8. The van der Waals surface area contributed by atoms with Crippen molar-refractivity contribution in [1.29, 1.82) is 0 Å². The van der Waals surface area contributed by atoms with Gasteiger partial charge in [0.05, 0.1) is 11.1 Å². The van der Waals surface area contributed by atoms with Crippen LogP contribution in [0.2, 0.25) is 0 Å². The zero-order valence-corrected chi connectivity index (χ0v) is 20.7. The molecular formula is C28H39N5O4S. The van der Waals surface area contributed by atoms with Gasteiger partial charge in [-0.05, 0) is 45.0 Å². The van der Waals surface area contributed by atoms with Crippen molar-refractivity contribution in [3.8, 4) is 17.2 Å². The van der Waals surface area contributed by atoms with Gasteiger partial charge >= 0.3 is 0 Å². The van der Waals surface area contributed by atoms with Gasteiger partial charge in [-0.25, -0.2) is 9.97 Å². The van der Waals surface area contributed by atoms with Gasteiger partial charge in [0, 0.05) is 34.6 Å². The molecule has 10 heteroatoms. The highest BCUT2D eigenvalue weighted by Gasteiger charge is 2.16. The first-order chi connectivity index (χ1) is 16.9. The fraction of sp³-hybridized carbons (Fsp3) is 0.357. The van der Waals surface area contributed by atoms with Crippen molar-refractivity contribution in [2.24, 2.45) is 0 Å². The van der Waals surface area contributed by atoms with Crippen molar-refractivity contribution >= 4 is 29.3 Å². The van der Waals surface area contributed by atoms with Crippen LogP contribution in [0.4, 0.5) is 11.6 Å². The summed E-state index contributed by atoms with van der Waals surface area (Å²) in [5.41, 5.74) is 3.89. The number of carbonyl (C=O) groups is 1. The Hall–Kier alpha value is -3.79. The van der Waals surface area contributed by atoms with Crippen LogP contribution in [-0.4, -0.2) is 46.4 Å². The van der Waals surface area contributed by atoms with E-state index in [2.05, 4.69) is 38.2 Å². The molecule has 3 aromatic heterocycles. The number of pyridine rings is 3. The molecule has 0 aliphatic carbocycles. The zero-order valence-electron chi connectivity index (χ0n) is 19.9. The number of carbonyl (C=O) groups excluding carboxylic acids is 1. The Balaban J connectivity index is 0.000000274. The van der Waals surface area contributed by atoms with Crippen molar-refractivity contribution in [3.05, 3.63) is 65.9 Å². The normalized spacial score (nSPS) is 13.7. The molecule has 3 aromatic rings. The van der Waals surface area contributed by atoms with Crippen LogP contribution < -0.4 is 24.8 Å². The Bertz CT molecular complexity index is 1180. The van der Waals surface area contributed by atoms with Crippen molar-refractivity contribution in [2.75, 3.05) is 36.2 Å². The molecule has 38 heavy (non-hydrogen) atoms. The number of amides is 1. The third-order valence-electron chi connectivity index (χ3n) is 4.88. The largest absolute Gasteiger partial charge is 0.486 e. The van der Waals surface area contributed by atoms with Crippen LogP contribution in [0.15, 0.2) is 53.7 Å². The number of hydrogen-bond donors (Lipinski definition) is 2. The molecule has 3 aliphatic rings. The Kier molecular flexibility index (Phi) is 12.6. The standard InChI is InChI=1S/C9H10N2S.C8H8N2O2.C8H9NO2.3CH4/c1-6-3-4-8-9(10-6)11-7(2)5-12-8;1-5-2-3-6-8(9-5)10-7(11)4-12-6;1-6-4-7-8(5-9-6)11-3-2-10-7;;;/h3-4H,2,5H2,1H3,(H,10,11);2-3H,4H2,1H3,(H,9,10,11);4-5H,2-3H2,1H3;3*1H4. The predicted octanol–water partition coefficient (Wildman–Crippen LogP) is 6.21. The van der Waals surface area contributed by atoms with Gasteiger partial charge in [-0.15, -0.1) is 11.8 Å². The number of hydrogen-bond acceptors (Lipinski definition) is 9. The smallest absolute Gasteiger partial charge is 0.263 e. The average molecular weight is 542 g/mol. The number of aryl methyl sites for hydroxylation is 3. The molecule has 2 N–H and O–H groups in total. The minimum Gasteiger partial charge on any atom is -0.486 e. The molecule has 0 atom stereocenters. The summed E-state index contributed by atoms with van der Waals surface area (Å²) in [6.45, 7) is 11.0. The predicted molar refractivity (Wildman–Crippen MR) is 156 cm³/mol. The quantitative estimate of drug-likeness (QED) is 0.343. The highest BCUT2D eigenvalue weighted by atomic mass is 32.2. The Morgan fingerprint density at radius 3 is 2.21 bits per heavy atom. The van der Waals surface area contributed by atoms with E-state index in [0.29, 0.717) is 24.8 Å². The monoisotopic (exact) mass is 541 g/mol. The molecule has 9 nitrogen and oxygen atoms in total. The molecule has 6 rings (SSSR count). The number of aromatic nitrogens is 3. The third-order valence-corrected chi connectivity index (χ3v) is 6.01. The van der Waals surface area contributed by atoms with Crippen LogP contribution in [0.25, 0.3) is 0 Å². The summed E-state index contributed by atoms with van der Waals surface area (Å²) in [5.74, 6) is 4.46. The molecule has 0 fully saturated rings. The first kappa shape index (κ1) is 32.2. The summed E-state index contributed by atoms with van der Waals surface area (Å²) < 4.78 is 15.7. The second-order valence-corrected chi connectivity index (χ2v) is 8.94. The fourth-order valence-electron chi connectivity index (χ4n) is 3.23.